The number of aryl methyl sites for hydroxylation is 1. The molecule has 0 radical (unpaired) electrons. The van der Waals surface area contributed by atoms with Gasteiger partial charge >= 0.3 is 0 Å². The molecule has 0 N–H and O–H groups in total. The molecule has 2 rings (SSSR count). The van der Waals surface area contributed by atoms with Crippen LogP contribution in [0.2, 0.25) is 0 Å². The van der Waals surface area contributed by atoms with Crippen LogP contribution >= 0.6 is 11.3 Å². The number of aromatic nitrogens is 1. The number of hydrogen-bond donors (Lipinski definition) is 0. The van der Waals surface area contributed by atoms with Crippen molar-refractivity contribution in [1.29, 1.82) is 5.26 Å². The van der Waals surface area contributed by atoms with Gasteiger partial charge in [-0.2, -0.15) is 5.26 Å². The van der Waals surface area contributed by atoms with Gasteiger partial charge in [0, 0.05) is 11.1 Å². The maximum Gasteiger partial charge on any atom is 0.134 e. The zero-order valence-electron chi connectivity index (χ0n) is 9.14. The van der Waals surface area contributed by atoms with Gasteiger partial charge in [0.25, 0.3) is 0 Å². The summed E-state index contributed by atoms with van der Waals surface area (Å²) in [6, 6.07) is 8.21. The summed E-state index contributed by atoms with van der Waals surface area (Å²) in [6.07, 6.45) is 1.64. The van der Waals surface area contributed by atoms with Crippen LogP contribution in [0, 0.1) is 24.1 Å². The zero-order valence-corrected chi connectivity index (χ0v) is 9.96. The van der Waals surface area contributed by atoms with Gasteiger partial charge in [-0.25, -0.2) is 9.37 Å². The number of halogens is 1. The Kier molecular flexibility index (Phi) is 3.31. The molecule has 0 saturated carbocycles. The van der Waals surface area contributed by atoms with E-state index in [1.54, 1.807) is 18.2 Å². The number of nitriles is 1. The molecule has 0 bridgehead atoms. The first-order valence-electron chi connectivity index (χ1n) is 4.99. The molecule has 0 amide bonds. The van der Waals surface area contributed by atoms with E-state index in [1.807, 2.05) is 12.3 Å². The summed E-state index contributed by atoms with van der Waals surface area (Å²) < 4.78 is 13.0. The molecule has 0 aliphatic rings. The van der Waals surface area contributed by atoms with Crippen LogP contribution in [0.3, 0.4) is 0 Å². The highest BCUT2D eigenvalue weighted by Crippen LogP contribution is 2.21. The van der Waals surface area contributed by atoms with E-state index in [9.17, 15) is 4.39 Å². The van der Waals surface area contributed by atoms with Crippen molar-refractivity contribution in [1.82, 2.24) is 4.98 Å². The number of thiazole rings is 1. The third-order valence-electron chi connectivity index (χ3n) is 2.13. The first-order valence-corrected chi connectivity index (χ1v) is 5.87. The molecule has 1 aromatic heterocycles. The van der Waals surface area contributed by atoms with Crippen molar-refractivity contribution in [3.8, 4) is 6.07 Å². The smallest absolute Gasteiger partial charge is 0.134 e. The molecule has 0 spiro atoms. The Morgan fingerprint density at radius 3 is 2.94 bits per heavy atom. The van der Waals surface area contributed by atoms with Gasteiger partial charge in [0.1, 0.15) is 16.9 Å². The summed E-state index contributed by atoms with van der Waals surface area (Å²) >= 11 is 1.41. The normalized spacial score (nSPS) is 11.2. The van der Waals surface area contributed by atoms with Gasteiger partial charge in [-0.15, -0.1) is 11.3 Å². The third-order valence-corrected chi connectivity index (χ3v) is 3.12. The van der Waals surface area contributed by atoms with E-state index in [1.165, 1.54) is 23.5 Å². The molecule has 0 saturated heterocycles. The largest absolute Gasteiger partial charge is 0.241 e. The van der Waals surface area contributed by atoms with Crippen molar-refractivity contribution in [2.75, 3.05) is 0 Å². The average molecular weight is 244 g/mol. The topological polar surface area (TPSA) is 36.7 Å². The predicted octanol–water partition coefficient (Wildman–Crippen LogP) is 3.65. The molecule has 1 heterocycles. The van der Waals surface area contributed by atoms with Crippen molar-refractivity contribution in [3.05, 3.63) is 51.7 Å². The molecule has 2 nitrogen and oxygen atoms in total. The lowest BCUT2D eigenvalue weighted by Crippen LogP contribution is -1.82. The van der Waals surface area contributed by atoms with Gasteiger partial charge in [0.15, 0.2) is 0 Å². The number of nitrogens with zero attached hydrogens (tertiary/aromatic N) is 2. The SMILES string of the molecule is Cc1csc(/C(C#N)=C\c2cccc(F)c2)n1. The van der Waals surface area contributed by atoms with Crippen LogP contribution in [0.25, 0.3) is 11.6 Å². The Morgan fingerprint density at radius 1 is 1.53 bits per heavy atom. The van der Waals surface area contributed by atoms with Crippen molar-refractivity contribution in [2.24, 2.45) is 0 Å². The Labute approximate surface area is 103 Å². The highest BCUT2D eigenvalue weighted by Gasteiger charge is 2.05. The Bertz CT molecular complexity index is 608. The van der Waals surface area contributed by atoms with Crippen molar-refractivity contribution >= 4 is 23.0 Å². The highest BCUT2D eigenvalue weighted by atomic mass is 32.1. The third kappa shape index (κ3) is 2.77. The summed E-state index contributed by atoms with van der Waals surface area (Å²) in [5.41, 5.74) is 1.99. The van der Waals surface area contributed by atoms with Gasteiger partial charge in [-0.05, 0) is 30.7 Å². The zero-order chi connectivity index (χ0) is 12.3. The van der Waals surface area contributed by atoms with Crippen LogP contribution in [0.15, 0.2) is 29.6 Å². The lowest BCUT2D eigenvalue weighted by atomic mass is 10.1. The first kappa shape index (κ1) is 11.5. The van der Waals surface area contributed by atoms with Crippen LogP contribution in [-0.2, 0) is 0 Å². The quantitative estimate of drug-likeness (QED) is 0.756. The minimum atomic E-state index is -0.314. The van der Waals surface area contributed by atoms with E-state index < -0.39 is 0 Å². The van der Waals surface area contributed by atoms with Gasteiger partial charge < -0.3 is 0 Å². The molecule has 0 fully saturated rings. The molecular weight excluding hydrogens is 235 g/mol. The molecule has 17 heavy (non-hydrogen) atoms. The van der Waals surface area contributed by atoms with E-state index in [-0.39, 0.29) is 5.82 Å². The van der Waals surface area contributed by atoms with Crippen LogP contribution in [0.4, 0.5) is 4.39 Å². The molecule has 0 aliphatic carbocycles. The highest BCUT2D eigenvalue weighted by molar-refractivity contribution is 7.11. The summed E-state index contributed by atoms with van der Waals surface area (Å²) in [4.78, 5) is 4.23. The number of rotatable bonds is 2. The van der Waals surface area contributed by atoms with E-state index >= 15 is 0 Å². The second-order valence-corrected chi connectivity index (χ2v) is 4.38. The predicted molar refractivity (Wildman–Crippen MR) is 66.7 cm³/mol. The summed E-state index contributed by atoms with van der Waals surface area (Å²) in [6.45, 7) is 1.87. The van der Waals surface area contributed by atoms with E-state index in [0.29, 0.717) is 16.1 Å². The summed E-state index contributed by atoms with van der Waals surface area (Å²) in [5.74, 6) is -0.314. The van der Waals surface area contributed by atoms with Crippen LogP contribution in [-0.4, -0.2) is 4.98 Å². The van der Waals surface area contributed by atoms with E-state index in [0.717, 1.165) is 5.69 Å². The molecule has 2 aromatic rings. The second kappa shape index (κ2) is 4.89. The minimum absolute atomic E-state index is 0.314. The molecular formula is C13H9FN2S. The van der Waals surface area contributed by atoms with Crippen molar-refractivity contribution in [2.45, 2.75) is 6.92 Å². The number of hydrogen-bond acceptors (Lipinski definition) is 3. The van der Waals surface area contributed by atoms with E-state index in [2.05, 4.69) is 11.1 Å². The molecule has 0 aliphatic heterocycles. The average Bonchev–Trinajstić information content (AvgIpc) is 2.73. The molecule has 0 unspecified atom stereocenters. The standard InChI is InChI=1S/C13H9FN2S/c1-9-8-17-13(16-9)11(7-15)5-10-3-2-4-12(14)6-10/h2-6,8H,1H3/b11-5-. The van der Waals surface area contributed by atoms with Gasteiger partial charge in [0.05, 0.1) is 5.57 Å². The fraction of sp³-hybridized carbons (Fsp3) is 0.0769. The molecule has 84 valence electrons. The second-order valence-electron chi connectivity index (χ2n) is 3.52. The summed E-state index contributed by atoms with van der Waals surface area (Å²) in [5, 5.41) is 11.6. The van der Waals surface area contributed by atoms with Crippen molar-refractivity contribution in [3.63, 3.8) is 0 Å². The lowest BCUT2D eigenvalue weighted by molar-refractivity contribution is 0.627. The minimum Gasteiger partial charge on any atom is -0.241 e. The Balaban J connectivity index is 2.40. The molecule has 0 atom stereocenters. The van der Waals surface area contributed by atoms with Crippen LogP contribution < -0.4 is 0 Å². The van der Waals surface area contributed by atoms with Gasteiger partial charge in [-0.1, -0.05) is 12.1 Å². The first-order chi connectivity index (χ1) is 8.19. The van der Waals surface area contributed by atoms with Crippen molar-refractivity contribution < 1.29 is 4.39 Å². The molecule has 4 heteroatoms. The maximum absolute atomic E-state index is 13.0. The van der Waals surface area contributed by atoms with Gasteiger partial charge in [0.2, 0.25) is 0 Å². The van der Waals surface area contributed by atoms with Crippen LogP contribution in [0.1, 0.15) is 16.3 Å². The fourth-order valence-electron chi connectivity index (χ4n) is 1.38. The Morgan fingerprint density at radius 2 is 2.35 bits per heavy atom. The Hall–Kier alpha value is -1.99. The monoisotopic (exact) mass is 244 g/mol. The maximum atomic E-state index is 13.0. The van der Waals surface area contributed by atoms with Gasteiger partial charge in [-0.3, -0.25) is 0 Å². The molecule has 1 aromatic carbocycles. The number of allylic oxidation sites excluding steroid dienone is 1. The lowest BCUT2D eigenvalue weighted by Gasteiger charge is -1.95. The summed E-state index contributed by atoms with van der Waals surface area (Å²) in [7, 11) is 0. The van der Waals surface area contributed by atoms with Crippen LogP contribution in [0.5, 0.6) is 0 Å². The van der Waals surface area contributed by atoms with E-state index in [4.69, 9.17) is 5.26 Å². The number of benzene rings is 1. The fourth-order valence-corrected chi connectivity index (χ4v) is 2.15.